The lowest BCUT2D eigenvalue weighted by Gasteiger charge is -2.21. The van der Waals surface area contributed by atoms with Crippen molar-refractivity contribution in [3.8, 4) is 5.75 Å². The van der Waals surface area contributed by atoms with Gasteiger partial charge in [0.05, 0.1) is 18.6 Å². The number of hydrogen-bond donors (Lipinski definition) is 2. The maximum atomic E-state index is 12.1. The van der Waals surface area contributed by atoms with E-state index < -0.39 is 5.60 Å². The molecule has 1 saturated carbocycles. The van der Waals surface area contributed by atoms with Gasteiger partial charge in [-0.1, -0.05) is 31.9 Å². The lowest BCUT2D eigenvalue weighted by Crippen LogP contribution is -2.34. The van der Waals surface area contributed by atoms with Crippen molar-refractivity contribution >= 4 is 5.91 Å². The summed E-state index contributed by atoms with van der Waals surface area (Å²) in [6.07, 6.45) is 4.63. The van der Waals surface area contributed by atoms with E-state index in [-0.39, 0.29) is 12.3 Å². The summed E-state index contributed by atoms with van der Waals surface area (Å²) in [5, 5.41) is 13.2. The van der Waals surface area contributed by atoms with E-state index in [0.717, 1.165) is 49.0 Å². The van der Waals surface area contributed by atoms with Crippen LogP contribution in [0.25, 0.3) is 0 Å². The van der Waals surface area contributed by atoms with Crippen LogP contribution in [0.2, 0.25) is 0 Å². The van der Waals surface area contributed by atoms with Crippen LogP contribution in [0.4, 0.5) is 0 Å². The lowest BCUT2D eigenvalue weighted by atomic mass is 9.97. The number of hydrogen-bond acceptors (Lipinski definition) is 3. The molecule has 0 spiro atoms. The number of benzene rings is 1. The molecule has 2 rings (SSSR count). The molecule has 0 saturated heterocycles. The summed E-state index contributed by atoms with van der Waals surface area (Å²) in [5.41, 5.74) is 1.33. The van der Waals surface area contributed by atoms with Crippen LogP contribution in [-0.4, -0.2) is 23.2 Å². The first-order chi connectivity index (χ1) is 10.5. The molecule has 1 aliphatic rings. The van der Waals surface area contributed by atoms with Crippen LogP contribution in [-0.2, 0) is 11.3 Å². The quantitative estimate of drug-likeness (QED) is 0.814. The van der Waals surface area contributed by atoms with Crippen molar-refractivity contribution in [3.05, 3.63) is 29.3 Å². The molecule has 2 N–H and O–H groups in total. The Morgan fingerprint density at radius 3 is 2.77 bits per heavy atom. The third-order valence-corrected chi connectivity index (χ3v) is 4.18. The number of carbonyl (C=O) groups excluding carboxylic acids is 1. The van der Waals surface area contributed by atoms with Gasteiger partial charge < -0.3 is 15.2 Å². The van der Waals surface area contributed by atoms with Gasteiger partial charge in [-0.15, -0.1) is 0 Å². The fourth-order valence-electron chi connectivity index (χ4n) is 2.92. The van der Waals surface area contributed by atoms with Gasteiger partial charge in [0.1, 0.15) is 5.75 Å². The zero-order chi connectivity index (χ0) is 16.0. The molecule has 122 valence electrons. The molecule has 1 fully saturated rings. The van der Waals surface area contributed by atoms with Gasteiger partial charge >= 0.3 is 0 Å². The van der Waals surface area contributed by atoms with Crippen molar-refractivity contribution in [2.45, 2.75) is 64.5 Å². The molecule has 1 aromatic carbocycles. The molecule has 0 aliphatic heterocycles. The van der Waals surface area contributed by atoms with Crippen molar-refractivity contribution in [1.82, 2.24) is 5.32 Å². The Labute approximate surface area is 132 Å². The second kappa shape index (κ2) is 7.63. The first kappa shape index (κ1) is 16.8. The first-order valence-electron chi connectivity index (χ1n) is 8.24. The predicted molar refractivity (Wildman–Crippen MR) is 86.8 cm³/mol. The highest BCUT2D eigenvalue weighted by Crippen LogP contribution is 2.32. The molecule has 1 aliphatic carbocycles. The molecule has 0 aromatic heterocycles. The van der Waals surface area contributed by atoms with Crippen molar-refractivity contribution < 1.29 is 14.6 Å². The highest BCUT2D eigenvalue weighted by atomic mass is 16.5. The van der Waals surface area contributed by atoms with Crippen LogP contribution >= 0.6 is 0 Å². The second-order valence-electron chi connectivity index (χ2n) is 6.34. The van der Waals surface area contributed by atoms with Crippen molar-refractivity contribution in [2.24, 2.45) is 0 Å². The fourth-order valence-corrected chi connectivity index (χ4v) is 2.92. The zero-order valence-electron chi connectivity index (χ0n) is 13.7. The predicted octanol–water partition coefficient (Wildman–Crippen LogP) is 3.10. The Balaban J connectivity index is 1.91. The molecule has 0 atom stereocenters. The minimum Gasteiger partial charge on any atom is -0.493 e. The van der Waals surface area contributed by atoms with Crippen molar-refractivity contribution in [3.63, 3.8) is 0 Å². The van der Waals surface area contributed by atoms with E-state index in [2.05, 4.69) is 12.2 Å². The van der Waals surface area contributed by atoms with Gasteiger partial charge in [0.25, 0.3) is 0 Å². The highest BCUT2D eigenvalue weighted by Gasteiger charge is 2.33. The number of aliphatic hydroxyl groups is 1. The fraction of sp³-hybridized carbons (Fsp3) is 0.611. The summed E-state index contributed by atoms with van der Waals surface area (Å²) in [4.78, 5) is 12.1. The topological polar surface area (TPSA) is 58.6 Å². The summed E-state index contributed by atoms with van der Waals surface area (Å²) < 4.78 is 5.75. The monoisotopic (exact) mass is 305 g/mol. The van der Waals surface area contributed by atoms with E-state index in [0.29, 0.717) is 13.2 Å². The third-order valence-electron chi connectivity index (χ3n) is 4.18. The molecule has 4 heteroatoms. The van der Waals surface area contributed by atoms with Crippen LogP contribution in [0.1, 0.15) is 56.6 Å². The molecule has 4 nitrogen and oxygen atoms in total. The van der Waals surface area contributed by atoms with E-state index in [9.17, 15) is 9.90 Å². The first-order valence-corrected chi connectivity index (χ1v) is 8.24. The van der Waals surface area contributed by atoms with Gasteiger partial charge in [0, 0.05) is 12.1 Å². The molecule has 0 heterocycles. The van der Waals surface area contributed by atoms with E-state index in [1.807, 2.05) is 25.1 Å². The Kier molecular flexibility index (Phi) is 5.83. The van der Waals surface area contributed by atoms with Crippen LogP contribution in [0.3, 0.4) is 0 Å². The third kappa shape index (κ3) is 4.73. The maximum absolute atomic E-state index is 12.1. The SMILES string of the molecule is CCCOc1cc(C)ccc1CNC(=O)CC1(O)CCCC1. The molecule has 0 radical (unpaired) electrons. The van der Waals surface area contributed by atoms with E-state index in [1.165, 1.54) is 0 Å². The summed E-state index contributed by atoms with van der Waals surface area (Å²) in [7, 11) is 0. The van der Waals surface area contributed by atoms with Crippen molar-refractivity contribution in [1.29, 1.82) is 0 Å². The van der Waals surface area contributed by atoms with Gasteiger partial charge in [0.2, 0.25) is 5.91 Å². The van der Waals surface area contributed by atoms with Crippen LogP contribution in [0.15, 0.2) is 18.2 Å². The number of nitrogens with one attached hydrogen (secondary N) is 1. The van der Waals surface area contributed by atoms with Gasteiger partial charge in [-0.3, -0.25) is 4.79 Å². The molecule has 1 amide bonds. The van der Waals surface area contributed by atoms with E-state index in [4.69, 9.17) is 4.74 Å². The van der Waals surface area contributed by atoms with E-state index >= 15 is 0 Å². The van der Waals surface area contributed by atoms with Crippen LogP contribution in [0.5, 0.6) is 5.75 Å². The summed E-state index contributed by atoms with van der Waals surface area (Å²) >= 11 is 0. The maximum Gasteiger partial charge on any atom is 0.223 e. The number of amides is 1. The summed E-state index contributed by atoms with van der Waals surface area (Å²) in [5.74, 6) is 0.744. The minimum absolute atomic E-state index is 0.0913. The zero-order valence-corrected chi connectivity index (χ0v) is 13.7. The Bertz CT molecular complexity index is 507. The number of carbonyl (C=O) groups is 1. The number of ether oxygens (including phenoxy) is 1. The van der Waals surface area contributed by atoms with E-state index in [1.54, 1.807) is 0 Å². The molecule has 0 bridgehead atoms. The van der Waals surface area contributed by atoms with Crippen LogP contribution < -0.4 is 10.1 Å². The number of aryl methyl sites for hydroxylation is 1. The average molecular weight is 305 g/mol. The lowest BCUT2D eigenvalue weighted by molar-refractivity contribution is -0.126. The molecular formula is C18H27NO3. The largest absolute Gasteiger partial charge is 0.493 e. The Hall–Kier alpha value is -1.55. The van der Waals surface area contributed by atoms with Crippen molar-refractivity contribution in [2.75, 3.05) is 6.61 Å². The molecular weight excluding hydrogens is 278 g/mol. The Morgan fingerprint density at radius 1 is 1.36 bits per heavy atom. The normalized spacial score (nSPS) is 16.5. The molecule has 0 unspecified atom stereocenters. The van der Waals surface area contributed by atoms with Gasteiger partial charge in [-0.25, -0.2) is 0 Å². The van der Waals surface area contributed by atoms with Crippen LogP contribution in [0, 0.1) is 6.92 Å². The number of rotatable bonds is 7. The standard InChI is InChI=1S/C18H27NO3/c1-3-10-22-16-11-14(2)6-7-15(16)13-19-17(20)12-18(21)8-4-5-9-18/h6-7,11,21H,3-5,8-10,12-13H2,1-2H3,(H,19,20). The molecule has 22 heavy (non-hydrogen) atoms. The summed E-state index contributed by atoms with van der Waals surface area (Å²) in [6.45, 7) is 5.20. The minimum atomic E-state index is -0.793. The van der Waals surface area contributed by atoms with Gasteiger partial charge in [-0.05, 0) is 37.8 Å². The second-order valence-corrected chi connectivity index (χ2v) is 6.34. The molecule has 1 aromatic rings. The van der Waals surface area contributed by atoms with Gasteiger partial charge in [-0.2, -0.15) is 0 Å². The average Bonchev–Trinajstić information content (AvgIpc) is 2.90. The smallest absolute Gasteiger partial charge is 0.223 e. The Morgan fingerprint density at radius 2 is 2.09 bits per heavy atom. The van der Waals surface area contributed by atoms with Gasteiger partial charge in [0.15, 0.2) is 0 Å². The summed E-state index contributed by atoms with van der Waals surface area (Å²) in [6, 6.07) is 6.01. The highest BCUT2D eigenvalue weighted by molar-refractivity contribution is 5.77.